The number of rotatable bonds is 0. The van der Waals surface area contributed by atoms with Crippen molar-refractivity contribution in [3.8, 4) is 17.0 Å². The van der Waals surface area contributed by atoms with Gasteiger partial charge >= 0.3 is 0 Å². The van der Waals surface area contributed by atoms with E-state index in [2.05, 4.69) is 20.3 Å². The number of nitrogens with one attached hydrogen (secondary N) is 1. The van der Waals surface area contributed by atoms with Gasteiger partial charge in [0.05, 0.1) is 12.2 Å². The monoisotopic (exact) mass is 391 g/mol. The van der Waals surface area contributed by atoms with Crippen molar-refractivity contribution in [1.29, 1.82) is 0 Å². The maximum Gasteiger partial charge on any atom is 0.216 e. The minimum atomic E-state index is -0.274. The van der Waals surface area contributed by atoms with Crippen LogP contribution in [0.15, 0.2) is 47.9 Å². The Hall–Kier alpha value is -3.09. The summed E-state index contributed by atoms with van der Waals surface area (Å²) in [6.07, 6.45) is 8.24. The average molecular weight is 391 g/mol. The normalized spacial score (nSPS) is 21.0. The van der Waals surface area contributed by atoms with E-state index in [9.17, 15) is 4.39 Å². The number of allylic oxidation sites excluding steroid dienone is 2. The van der Waals surface area contributed by atoms with Crippen LogP contribution in [-0.2, 0) is 0 Å². The van der Waals surface area contributed by atoms with Crippen molar-refractivity contribution in [1.82, 2.24) is 19.5 Å². The van der Waals surface area contributed by atoms with Crippen LogP contribution in [0.5, 0.6) is 5.88 Å². The molecule has 29 heavy (non-hydrogen) atoms. The molecule has 3 aliphatic rings. The van der Waals surface area contributed by atoms with E-state index in [0.717, 1.165) is 42.7 Å². The third-order valence-electron chi connectivity index (χ3n) is 6.07. The van der Waals surface area contributed by atoms with Crippen LogP contribution in [0.25, 0.3) is 16.8 Å². The minimum absolute atomic E-state index is 0.274. The Kier molecular flexibility index (Phi) is 3.76. The number of nitrogens with zero attached hydrogens (tertiary/aromatic N) is 4. The highest BCUT2D eigenvalue weighted by Gasteiger charge is 2.33. The molecule has 3 aromatic rings. The van der Waals surface area contributed by atoms with Crippen LogP contribution in [0.3, 0.4) is 0 Å². The molecule has 148 valence electrons. The fourth-order valence-electron chi connectivity index (χ4n) is 4.53. The summed E-state index contributed by atoms with van der Waals surface area (Å²) in [7, 11) is 0. The highest BCUT2D eigenvalue weighted by molar-refractivity contribution is 5.79. The molecule has 2 aliphatic heterocycles. The first-order chi connectivity index (χ1) is 14.2. The molecule has 1 N–H and O–H groups in total. The molecule has 6 nitrogen and oxygen atoms in total. The Labute approximate surface area is 168 Å². The van der Waals surface area contributed by atoms with Crippen LogP contribution in [0.2, 0.25) is 0 Å². The van der Waals surface area contributed by atoms with Gasteiger partial charge in [-0.25, -0.2) is 8.91 Å². The molecule has 1 aliphatic carbocycles. The molecule has 1 atom stereocenters. The summed E-state index contributed by atoms with van der Waals surface area (Å²) < 4.78 is 22.2. The van der Waals surface area contributed by atoms with Gasteiger partial charge < -0.3 is 15.0 Å². The summed E-state index contributed by atoms with van der Waals surface area (Å²) >= 11 is 0. The minimum Gasteiger partial charge on any atom is -0.475 e. The van der Waals surface area contributed by atoms with E-state index in [-0.39, 0.29) is 5.82 Å². The van der Waals surface area contributed by atoms with Crippen molar-refractivity contribution in [2.45, 2.75) is 31.7 Å². The molecule has 1 aromatic carbocycles. The highest BCUT2D eigenvalue weighted by Crippen LogP contribution is 2.40. The van der Waals surface area contributed by atoms with Gasteiger partial charge in [0.25, 0.3) is 0 Å². The van der Waals surface area contributed by atoms with E-state index >= 15 is 0 Å². The Balaban J connectivity index is 1.44. The van der Waals surface area contributed by atoms with Gasteiger partial charge in [0, 0.05) is 42.3 Å². The van der Waals surface area contributed by atoms with Crippen molar-refractivity contribution in [2.75, 3.05) is 25.0 Å². The number of fused-ring (bicyclic) bond motifs is 5. The van der Waals surface area contributed by atoms with Gasteiger partial charge in [-0.05, 0) is 49.4 Å². The standard InChI is InChI=1S/C22H22FN5O/c23-16-9-15-10-17(11-16)24-6-8-27-18(3-4-20(27)14-1-2-14)13-29-21-5-7-28-22(26-21)19(15)12-25-28/h5,7,9-12,18,24H,1-4,6,8,13H2. The Bertz CT molecular complexity index is 1130. The molecule has 1 unspecified atom stereocenters. The van der Waals surface area contributed by atoms with Crippen LogP contribution in [0.1, 0.15) is 25.7 Å². The maximum absolute atomic E-state index is 14.3. The molecule has 0 amide bonds. The largest absolute Gasteiger partial charge is 0.475 e. The van der Waals surface area contributed by atoms with Crippen LogP contribution >= 0.6 is 0 Å². The molecule has 4 bridgehead atoms. The number of aromatic nitrogens is 3. The van der Waals surface area contributed by atoms with E-state index < -0.39 is 0 Å². The maximum atomic E-state index is 14.3. The van der Waals surface area contributed by atoms with Gasteiger partial charge in [-0.15, -0.1) is 0 Å². The molecule has 2 aromatic heterocycles. The zero-order valence-corrected chi connectivity index (χ0v) is 16.1. The van der Waals surface area contributed by atoms with Crippen molar-refractivity contribution < 1.29 is 9.13 Å². The second-order valence-corrected chi connectivity index (χ2v) is 7.99. The molecule has 2 fully saturated rings. The van der Waals surface area contributed by atoms with Gasteiger partial charge in [0.1, 0.15) is 12.4 Å². The Morgan fingerprint density at radius 1 is 1.17 bits per heavy atom. The van der Waals surface area contributed by atoms with Crippen molar-refractivity contribution >= 4 is 11.3 Å². The third-order valence-corrected chi connectivity index (χ3v) is 6.07. The fraction of sp³-hybridized carbons (Fsp3) is 0.364. The second-order valence-electron chi connectivity index (χ2n) is 7.99. The molecule has 0 spiro atoms. The summed E-state index contributed by atoms with van der Waals surface area (Å²) in [6.45, 7) is 2.25. The highest BCUT2D eigenvalue weighted by atomic mass is 19.1. The van der Waals surface area contributed by atoms with E-state index in [1.807, 2.05) is 18.3 Å². The van der Waals surface area contributed by atoms with Crippen molar-refractivity contribution in [3.05, 3.63) is 53.7 Å². The zero-order valence-electron chi connectivity index (χ0n) is 16.1. The lowest BCUT2D eigenvalue weighted by molar-refractivity contribution is 0.190. The van der Waals surface area contributed by atoms with Gasteiger partial charge in [-0.1, -0.05) is 5.57 Å². The lowest BCUT2D eigenvalue weighted by atomic mass is 10.1. The van der Waals surface area contributed by atoms with Gasteiger partial charge in [0.15, 0.2) is 5.65 Å². The number of halogens is 1. The van der Waals surface area contributed by atoms with E-state index in [4.69, 9.17) is 4.74 Å². The third kappa shape index (κ3) is 3.01. The molecule has 1 saturated heterocycles. The summed E-state index contributed by atoms with van der Waals surface area (Å²) in [4.78, 5) is 7.16. The van der Waals surface area contributed by atoms with Crippen molar-refractivity contribution in [2.24, 2.45) is 0 Å². The van der Waals surface area contributed by atoms with E-state index in [1.54, 1.807) is 22.4 Å². The number of benzene rings is 1. The fourth-order valence-corrected chi connectivity index (χ4v) is 4.53. The SMILES string of the molecule is Fc1cc2cc(c1)-c1cnn3ccc(nc13)OCC1CCC(=C3CC3)N1CCN2. The average Bonchev–Trinajstić information content (AvgIpc) is 3.34. The number of hydrogen-bond donors (Lipinski definition) is 1. The van der Waals surface area contributed by atoms with E-state index in [1.165, 1.54) is 24.6 Å². The van der Waals surface area contributed by atoms with Crippen LogP contribution in [-0.4, -0.2) is 45.2 Å². The van der Waals surface area contributed by atoms with Crippen LogP contribution in [0.4, 0.5) is 10.1 Å². The molecule has 6 rings (SSSR count). The predicted molar refractivity (Wildman–Crippen MR) is 108 cm³/mol. The summed E-state index contributed by atoms with van der Waals surface area (Å²) in [5.74, 6) is 0.308. The smallest absolute Gasteiger partial charge is 0.216 e. The van der Waals surface area contributed by atoms with E-state index in [0.29, 0.717) is 24.2 Å². The molecule has 1 saturated carbocycles. The Morgan fingerprint density at radius 2 is 2.10 bits per heavy atom. The summed E-state index contributed by atoms with van der Waals surface area (Å²) in [6, 6.07) is 7.21. The number of anilines is 1. The quantitative estimate of drug-likeness (QED) is 0.631. The van der Waals surface area contributed by atoms with Gasteiger partial charge in [0.2, 0.25) is 5.88 Å². The van der Waals surface area contributed by atoms with Crippen LogP contribution in [0, 0.1) is 5.82 Å². The lowest BCUT2D eigenvalue weighted by Crippen LogP contribution is -2.36. The van der Waals surface area contributed by atoms with Gasteiger partial charge in [-0.2, -0.15) is 10.1 Å². The molecular weight excluding hydrogens is 369 g/mol. The molecular formula is C22H22FN5O. The molecule has 7 heteroatoms. The predicted octanol–water partition coefficient (Wildman–Crippen LogP) is 3.85. The molecule has 4 heterocycles. The first-order valence-corrected chi connectivity index (χ1v) is 10.2. The molecule has 0 radical (unpaired) electrons. The lowest BCUT2D eigenvalue weighted by Gasteiger charge is -2.28. The second kappa shape index (κ2) is 6.47. The first-order valence-electron chi connectivity index (χ1n) is 10.2. The number of hydrogen-bond acceptors (Lipinski definition) is 5. The topological polar surface area (TPSA) is 54.7 Å². The van der Waals surface area contributed by atoms with Crippen LogP contribution < -0.4 is 10.1 Å². The number of ether oxygens (including phenoxy) is 1. The zero-order chi connectivity index (χ0) is 19.4. The summed E-state index contributed by atoms with van der Waals surface area (Å²) in [5.41, 5.74) is 6.07. The Morgan fingerprint density at radius 3 is 3.00 bits per heavy atom. The van der Waals surface area contributed by atoms with Gasteiger partial charge in [-0.3, -0.25) is 0 Å². The van der Waals surface area contributed by atoms with Crippen molar-refractivity contribution in [3.63, 3.8) is 0 Å². The first kappa shape index (κ1) is 16.8. The summed E-state index contributed by atoms with van der Waals surface area (Å²) in [5, 5.41) is 7.78.